The minimum atomic E-state index is -0.283. The first-order chi connectivity index (χ1) is 12.5. The molecule has 2 aliphatic heterocycles. The summed E-state index contributed by atoms with van der Waals surface area (Å²) in [5.74, 6) is 0.181. The van der Waals surface area contributed by atoms with Crippen molar-refractivity contribution in [3.8, 4) is 5.75 Å². The average molecular weight is 356 g/mol. The van der Waals surface area contributed by atoms with E-state index in [1.807, 2.05) is 43.0 Å². The minimum Gasteiger partial charge on any atom is -0.491 e. The third-order valence-corrected chi connectivity index (χ3v) is 4.30. The molecule has 0 atom stereocenters. The smallest absolute Gasteiger partial charge is 0.278 e. The molecule has 1 aromatic rings. The van der Waals surface area contributed by atoms with E-state index in [1.165, 1.54) is 4.90 Å². The van der Waals surface area contributed by atoms with Gasteiger partial charge in [-0.15, -0.1) is 6.58 Å². The molecule has 6 heteroatoms. The largest absolute Gasteiger partial charge is 0.491 e. The van der Waals surface area contributed by atoms with Crippen LogP contribution in [-0.4, -0.2) is 60.6 Å². The lowest BCUT2D eigenvalue weighted by Gasteiger charge is -2.29. The van der Waals surface area contributed by atoms with Crippen molar-refractivity contribution in [3.05, 3.63) is 48.2 Å². The number of amides is 2. The number of morpholine rings is 1. The zero-order chi connectivity index (χ0) is 18.7. The van der Waals surface area contributed by atoms with Gasteiger partial charge in [-0.2, -0.15) is 0 Å². The Morgan fingerprint density at radius 3 is 2.38 bits per heavy atom. The summed E-state index contributed by atoms with van der Waals surface area (Å²) in [4.78, 5) is 29.0. The van der Waals surface area contributed by atoms with Gasteiger partial charge >= 0.3 is 0 Å². The molecule has 1 saturated heterocycles. The van der Waals surface area contributed by atoms with E-state index in [1.54, 1.807) is 6.08 Å². The predicted octanol–water partition coefficient (Wildman–Crippen LogP) is 2.07. The Labute approximate surface area is 153 Å². The first kappa shape index (κ1) is 18.2. The molecular weight excluding hydrogens is 332 g/mol. The topological polar surface area (TPSA) is 59.1 Å². The molecule has 0 radical (unpaired) electrons. The zero-order valence-electron chi connectivity index (χ0n) is 15.2. The first-order valence-electron chi connectivity index (χ1n) is 8.84. The fourth-order valence-electron chi connectivity index (χ4n) is 3.17. The molecule has 1 fully saturated rings. The highest BCUT2D eigenvalue weighted by Crippen LogP contribution is 2.32. The molecule has 0 spiro atoms. The summed E-state index contributed by atoms with van der Waals surface area (Å²) in [6.45, 7) is 10.0. The van der Waals surface area contributed by atoms with Crippen molar-refractivity contribution in [2.24, 2.45) is 0 Å². The van der Waals surface area contributed by atoms with Gasteiger partial charge in [-0.1, -0.05) is 18.2 Å². The normalized spacial score (nSPS) is 18.1. The summed E-state index contributed by atoms with van der Waals surface area (Å²) in [6, 6.07) is 7.31. The standard InChI is InChI=1S/C20H24N2O4/c1-4-9-22-19(23)17(15-5-7-16(8-6-15)26-14(2)3)18(20(22)24)21-10-12-25-13-11-21/h4-8,14H,1,9-13H2,2-3H3. The van der Waals surface area contributed by atoms with Gasteiger partial charge in [0.15, 0.2) is 0 Å². The van der Waals surface area contributed by atoms with Crippen LogP contribution >= 0.6 is 0 Å². The van der Waals surface area contributed by atoms with E-state index < -0.39 is 0 Å². The lowest BCUT2D eigenvalue weighted by Crippen LogP contribution is -2.40. The number of carbonyl (C=O) groups is 2. The number of carbonyl (C=O) groups excluding carboxylic acids is 2. The summed E-state index contributed by atoms with van der Waals surface area (Å²) < 4.78 is 11.0. The Morgan fingerprint density at radius 2 is 1.81 bits per heavy atom. The molecule has 26 heavy (non-hydrogen) atoms. The van der Waals surface area contributed by atoms with E-state index >= 15 is 0 Å². The molecule has 2 aliphatic rings. The molecule has 0 aliphatic carbocycles. The summed E-state index contributed by atoms with van der Waals surface area (Å²) in [7, 11) is 0. The van der Waals surface area contributed by atoms with E-state index in [0.29, 0.717) is 43.1 Å². The van der Waals surface area contributed by atoms with Crippen LogP contribution in [0.3, 0.4) is 0 Å². The Kier molecular flexibility index (Phi) is 5.42. The second-order valence-corrected chi connectivity index (χ2v) is 6.52. The number of imide groups is 1. The van der Waals surface area contributed by atoms with Gasteiger partial charge in [-0.3, -0.25) is 14.5 Å². The summed E-state index contributed by atoms with van der Waals surface area (Å²) in [5.41, 5.74) is 1.61. The number of hydrogen-bond acceptors (Lipinski definition) is 5. The molecule has 138 valence electrons. The summed E-state index contributed by atoms with van der Waals surface area (Å²) in [5, 5.41) is 0. The maximum atomic E-state index is 12.9. The third-order valence-electron chi connectivity index (χ3n) is 4.30. The van der Waals surface area contributed by atoms with Gasteiger partial charge in [0.2, 0.25) is 0 Å². The van der Waals surface area contributed by atoms with Crippen LogP contribution in [0.5, 0.6) is 5.75 Å². The third kappa shape index (κ3) is 3.51. The molecule has 3 rings (SSSR count). The van der Waals surface area contributed by atoms with Gasteiger partial charge in [-0.05, 0) is 31.5 Å². The highest BCUT2D eigenvalue weighted by atomic mass is 16.5. The lowest BCUT2D eigenvalue weighted by molar-refractivity contribution is -0.137. The number of rotatable bonds is 6. The number of nitrogens with zero attached hydrogens (tertiary/aromatic N) is 2. The fraction of sp³-hybridized carbons (Fsp3) is 0.400. The van der Waals surface area contributed by atoms with Crippen molar-refractivity contribution in [1.29, 1.82) is 0 Å². The Morgan fingerprint density at radius 1 is 1.15 bits per heavy atom. The van der Waals surface area contributed by atoms with Gasteiger partial charge in [0, 0.05) is 19.6 Å². The van der Waals surface area contributed by atoms with Crippen LogP contribution in [0.2, 0.25) is 0 Å². The van der Waals surface area contributed by atoms with Crippen molar-refractivity contribution in [2.75, 3.05) is 32.8 Å². The van der Waals surface area contributed by atoms with Crippen LogP contribution in [0.15, 0.2) is 42.6 Å². The van der Waals surface area contributed by atoms with Crippen LogP contribution in [0, 0.1) is 0 Å². The quantitative estimate of drug-likeness (QED) is 0.577. The Hall–Kier alpha value is -2.60. The maximum absolute atomic E-state index is 12.9. The van der Waals surface area contributed by atoms with E-state index in [2.05, 4.69) is 6.58 Å². The minimum absolute atomic E-state index is 0.0711. The zero-order valence-corrected chi connectivity index (χ0v) is 15.2. The van der Waals surface area contributed by atoms with Gasteiger partial charge in [0.05, 0.1) is 24.9 Å². The molecular formula is C20H24N2O4. The lowest BCUT2D eigenvalue weighted by atomic mass is 10.0. The van der Waals surface area contributed by atoms with Gasteiger partial charge in [-0.25, -0.2) is 0 Å². The second kappa shape index (κ2) is 7.74. The molecule has 0 bridgehead atoms. The van der Waals surface area contributed by atoms with Crippen molar-refractivity contribution in [2.45, 2.75) is 20.0 Å². The van der Waals surface area contributed by atoms with Crippen molar-refractivity contribution in [3.63, 3.8) is 0 Å². The van der Waals surface area contributed by atoms with E-state index in [0.717, 1.165) is 5.75 Å². The number of hydrogen-bond donors (Lipinski definition) is 0. The Bertz CT molecular complexity index is 731. The van der Waals surface area contributed by atoms with Gasteiger partial charge < -0.3 is 14.4 Å². The maximum Gasteiger partial charge on any atom is 0.278 e. The van der Waals surface area contributed by atoms with Crippen molar-refractivity contribution < 1.29 is 19.1 Å². The van der Waals surface area contributed by atoms with Gasteiger partial charge in [0.25, 0.3) is 11.8 Å². The first-order valence-corrected chi connectivity index (χ1v) is 8.84. The van der Waals surface area contributed by atoms with Crippen LogP contribution in [0.4, 0.5) is 0 Å². The van der Waals surface area contributed by atoms with E-state index in [9.17, 15) is 9.59 Å². The average Bonchev–Trinajstić information content (AvgIpc) is 2.88. The van der Waals surface area contributed by atoms with Crippen LogP contribution < -0.4 is 4.74 Å². The number of benzene rings is 1. The van der Waals surface area contributed by atoms with Crippen molar-refractivity contribution in [1.82, 2.24) is 9.80 Å². The molecule has 0 N–H and O–H groups in total. The Balaban J connectivity index is 2.00. The van der Waals surface area contributed by atoms with Crippen LogP contribution in [0.1, 0.15) is 19.4 Å². The van der Waals surface area contributed by atoms with E-state index in [-0.39, 0.29) is 24.5 Å². The highest BCUT2D eigenvalue weighted by Gasteiger charge is 2.41. The molecule has 2 heterocycles. The fourth-order valence-corrected chi connectivity index (χ4v) is 3.17. The summed E-state index contributed by atoms with van der Waals surface area (Å²) >= 11 is 0. The molecule has 0 aromatic heterocycles. The monoisotopic (exact) mass is 356 g/mol. The van der Waals surface area contributed by atoms with Crippen LogP contribution in [0.25, 0.3) is 5.57 Å². The SMILES string of the molecule is C=CCN1C(=O)C(c2ccc(OC(C)C)cc2)=C(N2CCOCC2)C1=O. The van der Waals surface area contributed by atoms with Gasteiger partial charge in [0.1, 0.15) is 11.4 Å². The molecule has 6 nitrogen and oxygen atoms in total. The molecule has 0 unspecified atom stereocenters. The second-order valence-electron chi connectivity index (χ2n) is 6.52. The van der Waals surface area contributed by atoms with Crippen molar-refractivity contribution >= 4 is 17.4 Å². The highest BCUT2D eigenvalue weighted by molar-refractivity contribution is 6.35. The van der Waals surface area contributed by atoms with Crippen LogP contribution in [-0.2, 0) is 14.3 Å². The molecule has 0 saturated carbocycles. The van der Waals surface area contributed by atoms with E-state index in [4.69, 9.17) is 9.47 Å². The summed E-state index contributed by atoms with van der Waals surface area (Å²) in [6.07, 6.45) is 1.64. The number of ether oxygens (including phenoxy) is 2. The molecule has 1 aromatic carbocycles. The molecule has 2 amide bonds. The predicted molar refractivity (Wildman–Crippen MR) is 98.4 cm³/mol.